The second-order valence-electron chi connectivity index (χ2n) is 19.0. The van der Waals surface area contributed by atoms with Crippen LogP contribution in [0.2, 0.25) is 18.6 Å². The topological polar surface area (TPSA) is 215 Å². The first-order valence-corrected chi connectivity index (χ1v) is 34.3. The molecule has 2 saturated heterocycles. The van der Waals surface area contributed by atoms with Gasteiger partial charge in [-0.2, -0.15) is 6.42 Å². The van der Waals surface area contributed by atoms with Gasteiger partial charge in [0.2, 0.25) is 5.28 Å². The monoisotopic (exact) mass is 1130 g/mol. The van der Waals surface area contributed by atoms with Crippen LogP contribution in [0.1, 0.15) is 168 Å². The van der Waals surface area contributed by atoms with E-state index < -0.39 is 35.4 Å². The predicted octanol–water partition coefficient (Wildman–Crippen LogP) is 6.95. The molecule has 0 unspecified atom stereocenters. The Balaban J connectivity index is 0.000000242. The molecule has 19 heteroatoms. The molecule has 3 saturated carbocycles. The van der Waals surface area contributed by atoms with Crippen molar-refractivity contribution < 1.29 is 57.6 Å². The number of carbonyl (C=O) groups excluding carboxylic acids is 2. The Morgan fingerprint density at radius 1 is 0.507 bits per heavy atom. The molecule has 16 nitrogen and oxygen atoms in total. The fourth-order valence-electron chi connectivity index (χ4n) is 9.10. The van der Waals surface area contributed by atoms with Crippen molar-refractivity contribution in [3.63, 3.8) is 0 Å². The molecule has 9 rings (SSSR count). The van der Waals surface area contributed by atoms with Gasteiger partial charge >= 0.3 is 142 Å². The number of carbonyl (C=O) groups is 2. The average molecular weight is 1130 g/mol. The Morgan fingerprint density at radius 2 is 0.822 bits per heavy atom. The molecule has 0 amide bonds. The summed E-state index contributed by atoms with van der Waals surface area (Å²) in [5.74, 6) is 0.676. The Bertz CT molecular complexity index is 2030. The zero-order valence-corrected chi connectivity index (χ0v) is 48.1. The van der Waals surface area contributed by atoms with E-state index in [1.807, 2.05) is 18.5 Å². The van der Waals surface area contributed by atoms with Gasteiger partial charge in [0.1, 0.15) is 22.8 Å². The number of ether oxygens (including phenoxy) is 4. The van der Waals surface area contributed by atoms with Crippen molar-refractivity contribution in [1.82, 2.24) is 39.9 Å². The number of aromatic nitrogens is 8. The summed E-state index contributed by atoms with van der Waals surface area (Å²) in [5, 5.41) is 21.0. The molecule has 5 fully saturated rings. The van der Waals surface area contributed by atoms with Gasteiger partial charge in [-0.15, -0.1) is 0 Å². The molecule has 2 aliphatic heterocycles. The van der Waals surface area contributed by atoms with E-state index in [2.05, 4.69) is 64.5 Å². The molecule has 73 heavy (non-hydrogen) atoms. The third-order valence-corrected chi connectivity index (χ3v) is 28.5. The van der Waals surface area contributed by atoms with Crippen molar-refractivity contribution >= 4 is 45.4 Å². The van der Waals surface area contributed by atoms with Crippen molar-refractivity contribution in [3.05, 3.63) is 97.7 Å². The van der Waals surface area contributed by atoms with Gasteiger partial charge in [0.25, 0.3) is 0 Å². The third kappa shape index (κ3) is 21.9. The van der Waals surface area contributed by atoms with Gasteiger partial charge in [-0.1, -0.05) is 13.3 Å². The summed E-state index contributed by atoms with van der Waals surface area (Å²) >= 11 is 3.00. The van der Waals surface area contributed by atoms with Gasteiger partial charge in [-0.3, -0.25) is 9.59 Å². The van der Waals surface area contributed by atoms with Gasteiger partial charge in [0.05, 0.1) is 26.4 Å². The van der Waals surface area contributed by atoms with Crippen LogP contribution >= 0.6 is 11.6 Å². The van der Waals surface area contributed by atoms with Crippen molar-refractivity contribution in [1.29, 1.82) is 0 Å². The van der Waals surface area contributed by atoms with Crippen LogP contribution in [0.4, 0.5) is 0 Å². The molecule has 0 aromatic carbocycles. The summed E-state index contributed by atoms with van der Waals surface area (Å²) in [6.45, 7) is 15.3. The largest absolute Gasteiger partial charge is 1.00 e. The number of unbranched alkanes of at least 4 members (excludes halogenated alkanes) is 4. The molecule has 2 N–H and O–H groups in total. The van der Waals surface area contributed by atoms with Crippen LogP contribution in [0.15, 0.2) is 73.8 Å². The van der Waals surface area contributed by atoms with Crippen LogP contribution in [-0.2, 0) is 39.7 Å². The van der Waals surface area contributed by atoms with Crippen LogP contribution in [0.5, 0.6) is 0 Å². The van der Waals surface area contributed by atoms with Crippen LogP contribution in [0, 0.1) is 6.92 Å². The van der Waals surface area contributed by atoms with Crippen molar-refractivity contribution in [2.45, 2.75) is 192 Å². The number of rotatable bonds is 13. The molecular weight excluding hydrogens is 1050 g/mol. The molecule has 3 aliphatic carbocycles. The number of nitrogens with zero attached hydrogens (tertiary/aromatic N) is 8. The maximum absolute atomic E-state index is 11.0. The standard InChI is InChI=1S/C12H16N2O3.C10H12N2O2.C8H12O3.C4H3ClN2.C4H3N2.4C4H9.Li.Sn/c15-11(10-13-6-1-7-14-10)2-4-12(5-3-11)16-8-9-17-12;13-8-2-4-10(14,5-3-8)9-11-6-1-7-12-9;9-7-1-3-8(4-2-7)10-5-6-11-8;5-4-6-2-1-3-7-4;1-2-5-4-6-3-1;4*1-3-4-2;;/h1,6-7,15H,2-5,8-9H2;1,6-7,14H,2-5H2;1-6H2;1-3H;1-3H;4*1,3-4H2,2H3;;/q;;;;;;;;-1;+1;. The Morgan fingerprint density at radius 3 is 1.15 bits per heavy atom. The van der Waals surface area contributed by atoms with E-state index in [9.17, 15) is 19.8 Å². The predicted molar refractivity (Wildman–Crippen MR) is 280 cm³/mol. The quantitative estimate of drug-likeness (QED) is 0.0787. The van der Waals surface area contributed by atoms with Crippen molar-refractivity contribution in [2.75, 3.05) is 26.4 Å². The fraction of sp³-hybridized carbons (Fsp3) is 0.648. The van der Waals surface area contributed by atoms with E-state index in [0.29, 0.717) is 113 Å². The number of halogens is 1. The normalized spacial score (nSPS) is 18.8. The molecule has 2 spiro atoms. The minimum absolute atomic E-state index is 0. The Kier molecular flexibility index (Phi) is 30.6. The minimum atomic E-state index is -2.32. The molecule has 4 aromatic rings. The SMILES string of the molecule is CCC[CH2][Sn]([CH2]CCC)([CH2]CCC)[c]1ncccn1.Clc1ncccn1.O=C1CCC(O)(c2ncccn2)CC1.O=C1CCC2(CC1)OCCO2.OC1(c2ncccn2)CCC2(CC1)OCCO2.[CH2-]CCC.[Li+]. The molecule has 5 aliphatic rings. The zero-order chi connectivity index (χ0) is 52.0. The molecule has 6 heterocycles. The summed E-state index contributed by atoms with van der Waals surface area (Å²) in [6, 6.07) is 7.13. The summed E-state index contributed by atoms with van der Waals surface area (Å²) in [4.78, 5) is 54.9. The van der Waals surface area contributed by atoms with E-state index in [0.717, 1.165) is 19.3 Å². The van der Waals surface area contributed by atoms with Crippen molar-refractivity contribution in [2.24, 2.45) is 0 Å². The second kappa shape index (κ2) is 34.7. The maximum atomic E-state index is 11.0. The molecule has 0 bridgehead atoms. The number of hydrogen-bond acceptors (Lipinski definition) is 16. The number of aliphatic hydroxyl groups is 2. The van der Waals surface area contributed by atoms with E-state index in [1.165, 1.54) is 62.1 Å². The first kappa shape index (κ1) is 64.4. The number of ketones is 2. The molecular formula is C54H82ClLiN8O8Sn. The van der Waals surface area contributed by atoms with Crippen LogP contribution < -0.4 is 22.7 Å². The molecule has 4 aromatic heterocycles. The van der Waals surface area contributed by atoms with Crippen LogP contribution in [-0.4, -0.2) is 118 Å². The van der Waals surface area contributed by atoms with Crippen molar-refractivity contribution in [3.8, 4) is 0 Å². The number of Topliss-reactive ketones (excluding diaryl/α,β-unsaturated/α-hetero) is 2. The number of hydrogen-bond donors (Lipinski definition) is 2. The van der Waals surface area contributed by atoms with Crippen LogP contribution in [0.3, 0.4) is 0 Å². The van der Waals surface area contributed by atoms with Gasteiger partial charge in [-0.25, -0.2) is 29.9 Å². The van der Waals surface area contributed by atoms with E-state index in [1.54, 1.807) is 55.4 Å². The average Bonchev–Trinajstić information content (AvgIpc) is 4.11. The summed E-state index contributed by atoms with van der Waals surface area (Å²) < 4.78 is 27.8. The summed E-state index contributed by atoms with van der Waals surface area (Å²) in [5.41, 5.74) is -1.92. The third-order valence-electron chi connectivity index (χ3n) is 13.6. The van der Waals surface area contributed by atoms with Gasteiger partial charge in [0.15, 0.2) is 23.2 Å². The Labute approximate surface area is 456 Å². The zero-order valence-electron chi connectivity index (χ0n) is 44.5. The van der Waals surface area contributed by atoms with Crippen LogP contribution in [0.25, 0.3) is 0 Å². The van der Waals surface area contributed by atoms with E-state index >= 15 is 0 Å². The van der Waals surface area contributed by atoms with Gasteiger partial charge in [-0.05, 0) is 55.5 Å². The summed E-state index contributed by atoms with van der Waals surface area (Å²) in [6.07, 6.45) is 31.0. The van der Waals surface area contributed by atoms with E-state index in [-0.39, 0.29) is 30.4 Å². The van der Waals surface area contributed by atoms with E-state index in [4.69, 9.17) is 40.5 Å². The first-order chi connectivity index (χ1) is 34.8. The summed E-state index contributed by atoms with van der Waals surface area (Å²) in [7, 11) is 0. The fourth-order valence-corrected chi connectivity index (χ4v) is 24.1. The first-order valence-electron chi connectivity index (χ1n) is 26.4. The second-order valence-corrected chi connectivity index (χ2v) is 32.2. The molecule has 0 atom stereocenters. The molecule has 398 valence electrons. The molecule has 0 radical (unpaired) electrons. The Hall–Kier alpha value is -2.89. The van der Waals surface area contributed by atoms with Gasteiger partial charge < -0.3 is 36.1 Å². The smallest absolute Gasteiger partial charge is 0.382 e. The van der Waals surface area contributed by atoms with Gasteiger partial charge in [0, 0.05) is 88.5 Å². The minimum Gasteiger partial charge on any atom is -0.382 e. The maximum Gasteiger partial charge on any atom is 1.00 e.